The van der Waals surface area contributed by atoms with E-state index in [0.717, 1.165) is 5.56 Å². The Morgan fingerprint density at radius 1 is 1.04 bits per heavy atom. The molecule has 2 rings (SSSR count). The normalized spacial score (nSPS) is 13.5. The van der Waals surface area contributed by atoms with Crippen LogP contribution < -0.4 is 9.47 Å². The molecule has 0 aromatic heterocycles. The summed E-state index contributed by atoms with van der Waals surface area (Å²) < 4.78 is 10.8. The summed E-state index contributed by atoms with van der Waals surface area (Å²) in [5.74, 6) is 0.450. The van der Waals surface area contributed by atoms with Gasteiger partial charge in [0.1, 0.15) is 11.9 Å². The first-order valence-electron chi connectivity index (χ1n) is 8.37. The van der Waals surface area contributed by atoms with Crippen LogP contribution in [-0.2, 0) is 6.61 Å². The van der Waals surface area contributed by atoms with Crippen molar-refractivity contribution in [2.75, 3.05) is 20.3 Å². The summed E-state index contributed by atoms with van der Waals surface area (Å²) in [5, 5.41) is 48.3. The molecule has 0 radical (unpaired) electrons. The fourth-order valence-electron chi connectivity index (χ4n) is 2.59. The Labute approximate surface area is 157 Å². The molecule has 0 bridgehead atoms. The lowest BCUT2D eigenvalue weighted by molar-refractivity contribution is -0.000341. The van der Waals surface area contributed by atoms with E-state index in [1.807, 2.05) is 0 Å². The number of aliphatic hydroxyl groups excluding tert-OH is 4. The molecule has 0 saturated carbocycles. The SMILES string of the molecule is COc1cc(C(O)C(CO)Oc2ccc(C=CCO)cc2CO)ccc1O. The Hall–Kier alpha value is -2.58. The van der Waals surface area contributed by atoms with Gasteiger partial charge in [0.25, 0.3) is 0 Å². The van der Waals surface area contributed by atoms with Crippen LogP contribution >= 0.6 is 0 Å². The van der Waals surface area contributed by atoms with Crippen molar-refractivity contribution >= 4 is 6.08 Å². The second kappa shape index (κ2) is 9.94. The first-order valence-corrected chi connectivity index (χ1v) is 8.37. The predicted molar refractivity (Wildman–Crippen MR) is 99.6 cm³/mol. The number of benzene rings is 2. The maximum Gasteiger partial charge on any atom is 0.160 e. The van der Waals surface area contributed by atoms with Gasteiger partial charge < -0.3 is 35.0 Å². The van der Waals surface area contributed by atoms with Gasteiger partial charge in [0.2, 0.25) is 0 Å². The Bertz CT molecular complexity index is 773. The van der Waals surface area contributed by atoms with Crippen LogP contribution in [0.1, 0.15) is 22.8 Å². The fraction of sp³-hybridized carbons (Fsp3) is 0.300. The highest BCUT2D eigenvalue weighted by atomic mass is 16.5. The molecule has 0 aliphatic rings. The van der Waals surface area contributed by atoms with E-state index in [1.165, 1.54) is 25.3 Å². The lowest BCUT2D eigenvalue weighted by atomic mass is 10.0. The molecule has 0 aliphatic heterocycles. The van der Waals surface area contributed by atoms with Gasteiger partial charge in [-0.2, -0.15) is 0 Å². The van der Waals surface area contributed by atoms with Crippen LogP contribution in [0.5, 0.6) is 17.2 Å². The van der Waals surface area contributed by atoms with E-state index >= 15 is 0 Å². The Kier molecular flexibility index (Phi) is 7.63. The van der Waals surface area contributed by atoms with Gasteiger partial charge in [-0.25, -0.2) is 0 Å². The van der Waals surface area contributed by atoms with Crippen molar-refractivity contribution in [3.8, 4) is 17.2 Å². The summed E-state index contributed by atoms with van der Waals surface area (Å²) >= 11 is 0. The van der Waals surface area contributed by atoms with Crippen molar-refractivity contribution in [2.24, 2.45) is 0 Å². The third-order valence-electron chi connectivity index (χ3n) is 4.03. The molecule has 0 heterocycles. The Balaban J connectivity index is 2.24. The molecular weight excluding hydrogens is 352 g/mol. The molecule has 2 atom stereocenters. The van der Waals surface area contributed by atoms with Gasteiger partial charge in [0, 0.05) is 5.56 Å². The van der Waals surface area contributed by atoms with Crippen molar-refractivity contribution in [2.45, 2.75) is 18.8 Å². The minimum Gasteiger partial charge on any atom is -0.504 e. The maximum absolute atomic E-state index is 10.6. The number of hydrogen-bond donors (Lipinski definition) is 5. The van der Waals surface area contributed by atoms with Crippen LogP contribution in [0, 0.1) is 0 Å². The number of aliphatic hydroxyl groups is 4. The summed E-state index contributed by atoms with van der Waals surface area (Å²) in [6.07, 6.45) is 1.08. The minimum absolute atomic E-state index is 0.0657. The molecule has 2 unspecified atom stereocenters. The molecule has 27 heavy (non-hydrogen) atoms. The zero-order chi connectivity index (χ0) is 19.8. The van der Waals surface area contributed by atoms with Gasteiger partial charge in [0.05, 0.1) is 26.9 Å². The lowest BCUT2D eigenvalue weighted by Gasteiger charge is -2.24. The number of rotatable bonds is 9. The van der Waals surface area contributed by atoms with Gasteiger partial charge in [-0.1, -0.05) is 24.3 Å². The molecule has 146 valence electrons. The fourth-order valence-corrected chi connectivity index (χ4v) is 2.59. The molecule has 2 aromatic carbocycles. The third-order valence-corrected chi connectivity index (χ3v) is 4.03. The molecule has 0 aliphatic carbocycles. The van der Waals surface area contributed by atoms with Crippen LogP contribution in [0.4, 0.5) is 0 Å². The minimum atomic E-state index is -1.19. The number of phenols is 1. The predicted octanol–water partition coefficient (Wildman–Crippen LogP) is 1.37. The topological polar surface area (TPSA) is 120 Å². The average Bonchev–Trinajstić information content (AvgIpc) is 2.70. The first-order chi connectivity index (χ1) is 13.0. The van der Waals surface area contributed by atoms with E-state index in [1.54, 1.807) is 30.4 Å². The second-order valence-electron chi connectivity index (χ2n) is 5.83. The molecule has 2 aromatic rings. The molecule has 7 nitrogen and oxygen atoms in total. The van der Waals surface area contributed by atoms with Crippen LogP contribution in [0.2, 0.25) is 0 Å². The standard InChI is InChI=1S/C20H24O7/c1-26-18-10-14(5-6-16(18)24)20(25)19(12-23)27-17-7-4-13(3-2-8-21)9-15(17)11-22/h2-7,9-10,19-25H,8,11-12H2,1H3. The van der Waals surface area contributed by atoms with Gasteiger partial charge >= 0.3 is 0 Å². The van der Waals surface area contributed by atoms with Crippen LogP contribution in [0.3, 0.4) is 0 Å². The monoisotopic (exact) mass is 376 g/mol. The smallest absolute Gasteiger partial charge is 0.160 e. The summed E-state index contributed by atoms with van der Waals surface area (Å²) in [6.45, 7) is -0.861. The zero-order valence-corrected chi connectivity index (χ0v) is 14.9. The Morgan fingerprint density at radius 3 is 2.44 bits per heavy atom. The molecule has 5 N–H and O–H groups in total. The summed E-state index contributed by atoms with van der Waals surface area (Å²) in [7, 11) is 1.39. The number of aromatic hydroxyl groups is 1. The van der Waals surface area contributed by atoms with E-state index in [-0.39, 0.29) is 24.7 Å². The third kappa shape index (κ3) is 5.21. The van der Waals surface area contributed by atoms with Crippen LogP contribution in [-0.4, -0.2) is 52.0 Å². The van der Waals surface area contributed by atoms with Gasteiger partial charge in [-0.15, -0.1) is 0 Å². The van der Waals surface area contributed by atoms with Gasteiger partial charge in [-0.3, -0.25) is 0 Å². The van der Waals surface area contributed by atoms with Crippen molar-refractivity contribution in [3.05, 3.63) is 59.2 Å². The second-order valence-corrected chi connectivity index (χ2v) is 5.83. The highest BCUT2D eigenvalue weighted by molar-refractivity contribution is 5.53. The summed E-state index contributed by atoms with van der Waals surface area (Å²) in [5.41, 5.74) is 1.64. The van der Waals surface area contributed by atoms with Crippen LogP contribution in [0.15, 0.2) is 42.5 Å². The lowest BCUT2D eigenvalue weighted by Crippen LogP contribution is -2.29. The quantitative estimate of drug-likeness (QED) is 0.448. The van der Waals surface area contributed by atoms with E-state index in [0.29, 0.717) is 16.9 Å². The molecule has 0 spiro atoms. The van der Waals surface area contributed by atoms with Crippen molar-refractivity contribution in [1.82, 2.24) is 0 Å². The number of ether oxygens (including phenoxy) is 2. The maximum atomic E-state index is 10.6. The molecular formula is C20H24O7. The molecule has 0 fully saturated rings. The number of methoxy groups -OCH3 is 1. The Morgan fingerprint density at radius 2 is 1.81 bits per heavy atom. The van der Waals surface area contributed by atoms with E-state index in [2.05, 4.69) is 0 Å². The molecule has 0 saturated heterocycles. The molecule has 0 amide bonds. The highest BCUT2D eigenvalue weighted by Crippen LogP contribution is 2.32. The zero-order valence-electron chi connectivity index (χ0n) is 14.9. The van der Waals surface area contributed by atoms with Crippen molar-refractivity contribution in [1.29, 1.82) is 0 Å². The highest BCUT2D eigenvalue weighted by Gasteiger charge is 2.24. The molecule has 7 heteroatoms. The number of phenolic OH excluding ortho intramolecular Hbond substituents is 1. The summed E-state index contributed by atoms with van der Waals surface area (Å²) in [4.78, 5) is 0. The first kappa shape index (κ1) is 20.7. The van der Waals surface area contributed by atoms with Crippen molar-refractivity contribution < 1.29 is 35.0 Å². The van der Waals surface area contributed by atoms with E-state index < -0.39 is 18.8 Å². The number of hydrogen-bond acceptors (Lipinski definition) is 7. The van der Waals surface area contributed by atoms with E-state index in [4.69, 9.17) is 14.6 Å². The van der Waals surface area contributed by atoms with Crippen molar-refractivity contribution in [3.63, 3.8) is 0 Å². The van der Waals surface area contributed by atoms with Gasteiger partial charge in [0.15, 0.2) is 17.6 Å². The summed E-state index contributed by atoms with van der Waals surface area (Å²) in [6, 6.07) is 9.38. The largest absolute Gasteiger partial charge is 0.504 e. The van der Waals surface area contributed by atoms with E-state index in [9.17, 15) is 20.4 Å². The van der Waals surface area contributed by atoms with Gasteiger partial charge in [-0.05, 0) is 35.4 Å². The van der Waals surface area contributed by atoms with Crippen LogP contribution in [0.25, 0.3) is 6.08 Å². The average molecular weight is 376 g/mol.